The number of carboxylic acid groups (broad SMARTS) is 1. The predicted octanol–water partition coefficient (Wildman–Crippen LogP) is 3.28. The molecular formula is C24H26N2O5. The molecule has 31 heavy (non-hydrogen) atoms. The van der Waals surface area contributed by atoms with Crippen LogP contribution in [0.2, 0.25) is 0 Å². The number of hydrogen-bond acceptors (Lipinski definition) is 4. The van der Waals surface area contributed by atoms with Crippen LogP contribution in [0.3, 0.4) is 0 Å². The number of carboxylic acids is 1. The first-order valence-electron chi connectivity index (χ1n) is 10.6. The number of carbonyl (C=O) groups is 3. The van der Waals surface area contributed by atoms with Crippen molar-refractivity contribution in [1.82, 2.24) is 10.6 Å². The van der Waals surface area contributed by atoms with Crippen LogP contribution in [0.25, 0.3) is 11.1 Å². The molecule has 7 nitrogen and oxygen atoms in total. The summed E-state index contributed by atoms with van der Waals surface area (Å²) in [6, 6.07) is 15.5. The summed E-state index contributed by atoms with van der Waals surface area (Å²) in [4.78, 5) is 35.6. The molecule has 1 fully saturated rings. The van der Waals surface area contributed by atoms with Crippen molar-refractivity contribution >= 4 is 18.0 Å². The normalized spacial score (nSPS) is 15.5. The first kappa shape index (κ1) is 20.9. The van der Waals surface area contributed by atoms with Crippen molar-refractivity contribution in [3.63, 3.8) is 0 Å². The smallest absolute Gasteiger partial charge is 0.407 e. The zero-order chi connectivity index (χ0) is 21.8. The van der Waals surface area contributed by atoms with Crippen molar-refractivity contribution in [1.29, 1.82) is 0 Å². The van der Waals surface area contributed by atoms with Gasteiger partial charge < -0.3 is 20.5 Å². The van der Waals surface area contributed by atoms with Crippen LogP contribution < -0.4 is 10.6 Å². The Kier molecular flexibility index (Phi) is 6.21. The number of benzene rings is 2. The first-order chi connectivity index (χ1) is 15.0. The molecule has 0 aliphatic heterocycles. The van der Waals surface area contributed by atoms with Crippen molar-refractivity contribution in [3.05, 3.63) is 59.7 Å². The Morgan fingerprint density at radius 3 is 2.19 bits per heavy atom. The zero-order valence-electron chi connectivity index (χ0n) is 17.2. The molecule has 162 valence electrons. The van der Waals surface area contributed by atoms with Gasteiger partial charge >= 0.3 is 12.1 Å². The van der Waals surface area contributed by atoms with E-state index in [9.17, 15) is 14.4 Å². The zero-order valence-corrected chi connectivity index (χ0v) is 17.2. The van der Waals surface area contributed by atoms with Gasteiger partial charge in [0.25, 0.3) is 0 Å². The molecule has 0 aromatic heterocycles. The van der Waals surface area contributed by atoms with Gasteiger partial charge in [0.1, 0.15) is 12.6 Å². The van der Waals surface area contributed by atoms with Crippen LogP contribution in [0.1, 0.15) is 42.7 Å². The fourth-order valence-electron chi connectivity index (χ4n) is 4.12. The van der Waals surface area contributed by atoms with Crippen LogP contribution in [0, 0.1) is 5.92 Å². The highest BCUT2D eigenvalue weighted by molar-refractivity contribution is 5.86. The van der Waals surface area contributed by atoms with Crippen molar-refractivity contribution < 1.29 is 24.2 Å². The van der Waals surface area contributed by atoms with Gasteiger partial charge in [0.15, 0.2) is 0 Å². The number of ether oxygens (including phenoxy) is 1. The standard InChI is InChI=1S/C24H26N2O5/c27-22(28)11-12-25-23(29)21(13-15-9-10-15)26-24(30)31-14-20-18-7-3-1-5-16(18)17-6-2-4-8-19(17)20/h1-8,15,20-21H,9-14H2,(H,25,29)(H,26,30)(H,27,28). The van der Waals surface area contributed by atoms with Gasteiger partial charge in [-0.25, -0.2) is 4.79 Å². The summed E-state index contributed by atoms with van der Waals surface area (Å²) in [5, 5.41) is 14.0. The molecule has 2 aromatic carbocycles. The Labute approximate surface area is 180 Å². The van der Waals surface area contributed by atoms with E-state index in [1.165, 1.54) is 0 Å². The maximum Gasteiger partial charge on any atom is 0.407 e. The molecule has 7 heteroatoms. The van der Waals surface area contributed by atoms with Crippen LogP contribution in [0.4, 0.5) is 4.79 Å². The van der Waals surface area contributed by atoms with Crippen molar-refractivity contribution in [3.8, 4) is 11.1 Å². The van der Waals surface area contributed by atoms with E-state index < -0.39 is 18.1 Å². The number of nitrogens with one attached hydrogen (secondary N) is 2. The van der Waals surface area contributed by atoms with Gasteiger partial charge in [0, 0.05) is 12.5 Å². The maximum absolute atomic E-state index is 12.5. The fraction of sp³-hybridized carbons (Fsp3) is 0.375. The summed E-state index contributed by atoms with van der Waals surface area (Å²) >= 11 is 0. The molecular weight excluding hydrogens is 396 g/mol. The Morgan fingerprint density at radius 2 is 1.61 bits per heavy atom. The monoisotopic (exact) mass is 422 g/mol. The van der Waals surface area contributed by atoms with Crippen LogP contribution in [-0.4, -0.2) is 42.3 Å². The topological polar surface area (TPSA) is 105 Å². The lowest BCUT2D eigenvalue weighted by atomic mass is 9.98. The minimum Gasteiger partial charge on any atom is -0.481 e. The molecule has 1 unspecified atom stereocenters. The minimum atomic E-state index is -0.983. The lowest BCUT2D eigenvalue weighted by Gasteiger charge is -2.19. The third-order valence-electron chi connectivity index (χ3n) is 5.86. The Morgan fingerprint density at radius 1 is 1.00 bits per heavy atom. The Balaban J connectivity index is 1.37. The van der Waals surface area contributed by atoms with E-state index >= 15 is 0 Å². The second-order valence-corrected chi connectivity index (χ2v) is 8.14. The van der Waals surface area contributed by atoms with Gasteiger partial charge in [-0.2, -0.15) is 0 Å². The second-order valence-electron chi connectivity index (χ2n) is 8.14. The number of amides is 2. The molecule has 0 spiro atoms. The quantitative estimate of drug-likeness (QED) is 0.575. The lowest BCUT2D eigenvalue weighted by molar-refractivity contribution is -0.137. The molecule has 2 amide bonds. The highest BCUT2D eigenvalue weighted by Crippen LogP contribution is 2.44. The molecule has 0 heterocycles. The summed E-state index contributed by atoms with van der Waals surface area (Å²) in [5.41, 5.74) is 4.54. The number of fused-ring (bicyclic) bond motifs is 3. The van der Waals surface area contributed by atoms with Crippen molar-refractivity contribution in [2.45, 2.75) is 37.6 Å². The summed E-state index contributed by atoms with van der Waals surface area (Å²) in [5.74, 6) is -1.00. The SMILES string of the molecule is O=C(O)CCNC(=O)C(CC1CC1)NC(=O)OCC1c2ccccc2-c2ccccc21. The summed E-state index contributed by atoms with van der Waals surface area (Å²) in [7, 11) is 0. The van der Waals surface area contributed by atoms with Crippen LogP contribution in [-0.2, 0) is 14.3 Å². The molecule has 2 aliphatic carbocycles. The molecule has 1 atom stereocenters. The highest BCUT2D eigenvalue weighted by Gasteiger charge is 2.32. The fourth-order valence-corrected chi connectivity index (χ4v) is 4.12. The van der Waals surface area contributed by atoms with Gasteiger partial charge in [-0.15, -0.1) is 0 Å². The van der Waals surface area contributed by atoms with Crippen molar-refractivity contribution in [2.24, 2.45) is 5.92 Å². The molecule has 2 aromatic rings. The molecule has 1 saturated carbocycles. The van der Waals surface area contributed by atoms with E-state index in [1.807, 2.05) is 36.4 Å². The van der Waals surface area contributed by atoms with Gasteiger partial charge in [0.05, 0.1) is 6.42 Å². The first-order valence-corrected chi connectivity index (χ1v) is 10.6. The van der Waals surface area contributed by atoms with E-state index in [0.717, 1.165) is 35.1 Å². The summed E-state index contributed by atoms with van der Waals surface area (Å²) < 4.78 is 5.54. The van der Waals surface area contributed by atoms with Crippen molar-refractivity contribution in [2.75, 3.05) is 13.2 Å². The van der Waals surface area contributed by atoms with Crippen LogP contribution in [0.5, 0.6) is 0 Å². The third-order valence-corrected chi connectivity index (χ3v) is 5.86. The predicted molar refractivity (Wildman–Crippen MR) is 115 cm³/mol. The minimum absolute atomic E-state index is 0.0295. The third kappa shape index (κ3) is 5.05. The average Bonchev–Trinajstić information content (AvgIpc) is 3.52. The van der Waals surface area contributed by atoms with Crippen LogP contribution >= 0.6 is 0 Å². The number of alkyl carbamates (subject to hydrolysis) is 1. The second kappa shape index (κ2) is 9.20. The molecule has 4 rings (SSSR count). The Hall–Kier alpha value is -3.35. The van der Waals surface area contributed by atoms with E-state index in [-0.39, 0.29) is 31.4 Å². The number of hydrogen-bond donors (Lipinski definition) is 3. The molecule has 0 saturated heterocycles. The molecule has 3 N–H and O–H groups in total. The molecule has 0 radical (unpaired) electrons. The van der Waals surface area contributed by atoms with Gasteiger partial charge in [-0.05, 0) is 34.6 Å². The largest absolute Gasteiger partial charge is 0.481 e. The van der Waals surface area contributed by atoms with E-state index in [2.05, 4.69) is 22.8 Å². The summed E-state index contributed by atoms with van der Waals surface area (Å²) in [6.07, 6.45) is 1.80. The highest BCUT2D eigenvalue weighted by atomic mass is 16.5. The Bertz CT molecular complexity index is 940. The van der Waals surface area contributed by atoms with E-state index in [1.54, 1.807) is 0 Å². The molecule has 2 aliphatic rings. The number of carbonyl (C=O) groups excluding carboxylic acids is 2. The lowest BCUT2D eigenvalue weighted by Crippen LogP contribution is -2.47. The maximum atomic E-state index is 12.5. The van der Waals surface area contributed by atoms with Gasteiger partial charge in [0.2, 0.25) is 5.91 Å². The molecule has 0 bridgehead atoms. The van der Waals surface area contributed by atoms with Crippen LogP contribution in [0.15, 0.2) is 48.5 Å². The average molecular weight is 422 g/mol. The van der Waals surface area contributed by atoms with Gasteiger partial charge in [-0.3, -0.25) is 9.59 Å². The van der Waals surface area contributed by atoms with E-state index in [4.69, 9.17) is 9.84 Å². The van der Waals surface area contributed by atoms with E-state index in [0.29, 0.717) is 12.3 Å². The number of aliphatic carboxylic acids is 1. The van der Waals surface area contributed by atoms with Gasteiger partial charge in [-0.1, -0.05) is 61.4 Å². The summed E-state index contributed by atoms with van der Waals surface area (Å²) in [6.45, 7) is 0.207. The number of rotatable bonds is 9.